The molecular formula is C21H26ClNO9. The molecule has 5 atom stereocenters. The van der Waals surface area contributed by atoms with Gasteiger partial charge in [-0.1, -0.05) is 29.8 Å². The lowest BCUT2D eigenvalue weighted by molar-refractivity contribution is -0.280. The van der Waals surface area contributed by atoms with Crippen molar-refractivity contribution >= 4 is 35.4 Å². The van der Waals surface area contributed by atoms with E-state index in [4.69, 9.17) is 35.3 Å². The Morgan fingerprint density at radius 2 is 1.59 bits per heavy atom. The number of ether oxygens (including phenoxy) is 5. The standard InChI is InChI=1S/C21H26ClNO9/c1-11(24)23-18-20(31-14(4)27)19(30-13(3)26)17(10-28-12(2)25)32-21(18)29-9-15-7-5-6-8-16(15)22/h5-8,17-21H,9-10H2,1-4H3,(H,23,24)/t17-,18+,19+,20+,21-/m1/s1. The molecule has 0 aromatic heterocycles. The minimum atomic E-state index is -1.18. The van der Waals surface area contributed by atoms with Gasteiger partial charge in [0.25, 0.3) is 0 Å². The number of hydrogen-bond donors (Lipinski definition) is 1. The molecule has 11 heteroatoms. The molecule has 1 amide bonds. The molecule has 10 nitrogen and oxygen atoms in total. The number of amides is 1. The van der Waals surface area contributed by atoms with Crippen LogP contribution in [-0.2, 0) is 49.5 Å². The summed E-state index contributed by atoms with van der Waals surface area (Å²) in [6, 6.07) is 5.95. The van der Waals surface area contributed by atoms with Gasteiger partial charge in [-0.15, -0.1) is 0 Å². The molecule has 1 aromatic carbocycles. The highest BCUT2D eigenvalue weighted by molar-refractivity contribution is 6.31. The smallest absolute Gasteiger partial charge is 0.303 e. The predicted molar refractivity (Wildman–Crippen MR) is 110 cm³/mol. The molecule has 0 radical (unpaired) electrons. The van der Waals surface area contributed by atoms with Gasteiger partial charge in [0.2, 0.25) is 5.91 Å². The number of carbonyl (C=O) groups excluding carboxylic acids is 4. The average Bonchev–Trinajstić information content (AvgIpc) is 2.68. The van der Waals surface area contributed by atoms with Crippen LogP contribution in [0.15, 0.2) is 24.3 Å². The van der Waals surface area contributed by atoms with Crippen LogP contribution in [0, 0.1) is 0 Å². The van der Waals surface area contributed by atoms with Crippen LogP contribution in [0.5, 0.6) is 0 Å². The largest absolute Gasteiger partial charge is 0.463 e. The first-order valence-electron chi connectivity index (χ1n) is 9.83. The Balaban J connectivity index is 2.37. The number of esters is 3. The van der Waals surface area contributed by atoms with Gasteiger partial charge in [-0.05, 0) is 11.6 Å². The summed E-state index contributed by atoms with van der Waals surface area (Å²) < 4.78 is 27.6. The monoisotopic (exact) mass is 471 g/mol. The van der Waals surface area contributed by atoms with E-state index in [1.807, 2.05) is 0 Å². The van der Waals surface area contributed by atoms with E-state index in [1.165, 1.54) is 27.7 Å². The summed E-state index contributed by atoms with van der Waals surface area (Å²) in [6.45, 7) is 4.52. The number of nitrogens with one attached hydrogen (secondary N) is 1. The summed E-state index contributed by atoms with van der Waals surface area (Å²) in [5.74, 6) is -2.40. The maximum atomic E-state index is 11.9. The molecule has 1 aromatic rings. The molecule has 0 aliphatic carbocycles. The lowest BCUT2D eigenvalue weighted by Gasteiger charge is -2.44. The van der Waals surface area contributed by atoms with Crippen molar-refractivity contribution in [3.63, 3.8) is 0 Å². The Morgan fingerprint density at radius 3 is 2.16 bits per heavy atom. The van der Waals surface area contributed by atoms with Gasteiger partial charge in [0.1, 0.15) is 18.8 Å². The third kappa shape index (κ3) is 7.47. The van der Waals surface area contributed by atoms with Crippen LogP contribution in [0.2, 0.25) is 5.02 Å². The molecule has 1 N–H and O–H groups in total. The van der Waals surface area contributed by atoms with Crippen molar-refractivity contribution < 1.29 is 42.9 Å². The highest BCUT2D eigenvalue weighted by Crippen LogP contribution is 2.29. The molecule has 1 aliphatic heterocycles. The molecule has 0 spiro atoms. The Hall–Kier alpha value is -2.69. The van der Waals surface area contributed by atoms with Gasteiger partial charge in [0.05, 0.1) is 6.61 Å². The molecule has 1 saturated heterocycles. The fraction of sp³-hybridized carbons (Fsp3) is 0.524. The number of halogens is 1. The molecule has 1 fully saturated rings. The quantitative estimate of drug-likeness (QED) is 0.443. The lowest BCUT2D eigenvalue weighted by atomic mass is 9.96. The van der Waals surface area contributed by atoms with Gasteiger partial charge in [-0.3, -0.25) is 19.2 Å². The minimum Gasteiger partial charge on any atom is -0.463 e. The van der Waals surface area contributed by atoms with Crippen molar-refractivity contribution in [3.05, 3.63) is 34.9 Å². The third-order valence-corrected chi connectivity index (χ3v) is 4.80. The number of benzene rings is 1. The topological polar surface area (TPSA) is 126 Å². The molecule has 1 aliphatic rings. The van der Waals surface area contributed by atoms with E-state index in [2.05, 4.69) is 5.32 Å². The highest BCUT2D eigenvalue weighted by atomic mass is 35.5. The summed E-state index contributed by atoms with van der Waals surface area (Å²) in [5, 5.41) is 3.09. The van der Waals surface area contributed by atoms with E-state index in [-0.39, 0.29) is 13.2 Å². The fourth-order valence-corrected chi connectivity index (χ4v) is 3.41. The highest BCUT2D eigenvalue weighted by Gasteiger charge is 2.51. The summed E-state index contributed by atoms with van der Waals surface area (Å²) >= 11 is 6.18. The second-order valence-corrected chi connectivity index (χ2v) is 7.53. The van der Waals surface area contributed by atoms with Crippen LogP contribution in [0.25, 0.3) is 0 Å². The average molecular weight is 472 g/mol. The van der Waals surface area contributed by atoms with Crippen LogP contribution in [0.4, 0.5) is 0 Å². The summed E-state index contributed by atoms with van der Waals surface area (Å²) in [7, 11) is 0. The van der Waals surface area contributed by atoms with E-state index in [1.54, 1.807) is 24.3 Å². The lowest BCUT2D eigenvalue weighted by Crippen LogP contribution is -2.66. The molecule has 176 valence electrons. The zero-order valence-corrected chi connectivity index (χ0v) is 18.9. The molecular weight excluding hydrogens is 446 g/mol. The van der Waals surface area contributed by atoms with Crippen molar-refractivity contribution in [2.45, 2.75) is 64.9 Å². The molecule has 0 unspecified atom stereocenters. The number of rotatable bonds is 8. The predicted octanol–water partition coefficient (Wildman–Crippen LogP) is 1.51. The van der Waals surface area contributed by atoms with Gasteiger partial charge in [-0.2, -0.15) is 0 Å². The SMILES string of the molecule is CC(=O)N[C@@H]1[C@H](OCc2ccccc2Cl)O[C@H](COC(C)=O)[C@H](OC(C)=O)[C@H]1OC(C)=O. The summed E-state index contributed by atoms with van der Waals surface area (Å²) in [5.41, 5.74) is 0.655. The Kier molecular flexibility index (Phi) is 9.42. The number of carbonyl (C=O) groups is 4. The van der Waals surface area contributed by atoms with E-state index < -0.39 is 54.5 Å². The summed E-state index contributed by atoms with van der Waals surface area (Å²) in [4.78, 5) is 46.8. The Labute approximate surface area is 190 Å². The molecule has 0 saturated carbocycles. The van der Waals surface area contributed by atoms with Gasteiger partial charge in [0, 0.05) is 32.7 Å². The molecule has 1 heterocycles. The zero-order valence-electron chi connectivity index (χ0n) is 18.2. The van der Waals surface area contributed by atoms with Gasteiger partial charge in [0.15, 0.2) is 18.5 Å². The third-order valence-electron chi connectivity index (χ3n) is 4.43. The molecule has 0 bridgehead atoms. The Bertz CT molecular complexity index is 846. The fourth-order valence-electron chi connectivity index (χ4n) is 3.22. The van der Waals surface area contributed by atoms with Crippen molar-refractivity contribution in [3.8, 4) is 0 Å². The van der Waals surface area contributed by atoms with Crippen LogP contribution in [-0.4, -0.2) is 61.1 Å². The van der Waals surface area contributed by atoms with E-state index in [0.29, 0.717) is 10.6 Å². The second-order valence-electron chi connectivity index (χ2n) is 7.12. The molecule has 2 rings (SSSR count). The summed E-state index contributed by atoms with van der Waals surface area (Å²) in [6.07, 6.45) is -4.53. The van der Waals surface area contributed by atoms with Crippen molar-refractivity contribution in [2.24, 2.45) is 0 Å². The second kappa shape index (κ2) is 11.8. The van der Waals surface area contributed by atoms with Crippen molar-refractivity contribution in [2.75, 3.05) is 6.61 Å². The van der Waals surface area contributed by atoms with Crippen LogP contribution in [0.3, 0.4) is 0 Å². The van der Waals surface area contributed by atoms with Crippen molar-refractivity contribution in [1.29, 1.82) is 0 Å². The first-order chi connectivity index (χ1) is 15.1. The zero-order chi connectivity index (χ0) is 23.8. The minimum absolute atomic E-state index is 0.00569. The maximum Gasteiger partial charge on any atom is 0.303 e. The van der Waals surface area contributed by atoms with Gasteiger partial charge < -0.3 is 29.0 Å². The van der Waals surface area contributed by atoms with Gasteiger partial charge >= 0.3 is 17.9 Å². The van der Waals surface area contributed by atoms with E-state index >= 15 is 0 Å². The van der Waals surface area contributed by atoms with Crippen LogP contribution in [0.1, 0.15) is 33.3 Å². The van der Waals surface area contributed by atoms with Gasteiger partial charge in [-0.25, -0.2) is 0 Å². The Morgan fingerprint density at radius 1 is 0.969 bits per heavy atom. The number of hydrogen-bond acceptors (Lipinski definition) is 9. The van der Waals surface area contributed by atoms with Crippen molar-refractivity contribution in [1.82, 2.24) is 5.32 Å². The first kappa shape index (κ1) is 25.6. The van der Waals surface area contributed by atoms with E-state index in [0.717, 1.165) is 0 Å². The normalized spacial score (nSPS) is 24.8. The molecule has 32 heavy (non-hydrogen) atoms. The first-order valence-corrected chi connectivity index (χ1v) is 10.2. The van der Waals surface area contributed by atoms with Crippen LogP contribution >= 0.6 is 11.6 Å². The maximum absolute atomic E-state index is 11.9. The van der Waals surface area contributed by atoms with E-state index in [9.17, 15) is 19.2 Å². The van der Waals surface area contributed by atoms with Crippen LogP contribution < -0.4 is 5.32 Å².